The quantitative estimate of drug-likeness (QED) is 0.412. The molecular formula is C25H26ClF3N4O3. The number of halogens is 4. The fourth-order valence-corrected chi connectivity index (χ4v) is 5.51. The van der Waals surface area contributed by atoms with E-state index in [0.717, 1.165) is 44.8 Å². The average molecular weight is 523 g/mol. The molecule has 0 aliphatic carbocycles. The molecule has 2 aliphatic rings. The molecule has 192 valence electrons. The highest BCUT2D eigenvalue weighted by molar-refractivity contribution is 6.36. The van der Waals surface area contributed by atoms with Gasteiger partial charge in [-0.05, 0) is 57.0 Å². The lowest BCUT2D eigenvalue weighted by Crippen LogP contribution is -2.49. The molecule has 2 aliphatic heterocycles. The lowest BCUT2D eigenvalue weighted by atomic mass is 9.84. The maximum atomic E-state index is 14.0. The third kappa shape index (κ3) is 4.76. The highest BCUT2D eigenvalue weighted by Gasteiger charge is 2.38. The fourth-order valence-electron chi connectivity index (χ4n) is 5.28. The molecule has 0 amide bonds. The van der Waals surface area contributed by atoms with Crippen LogP contribution in [0.4, 0.5) is 13.2 Å². The van der Waals surface area contributed by atoms with Gasteiger partial charge in [-0.3, -0.25) is 4.90 Å². The van der Waals surface area contributed by atoms with E-state index in [0.29, 0.717) is 21.9 Å². The molecular weight excluding hydrogens is 497 g/mol. The summed E-state index contributed by atoms with van der Waals surface area (Å²) in [6, 6.07) is 7.73. The van der Waals surface area contributed by atoms with Crippen LogP contribution in [0, 0.1) is 5.92 Å². The summed E-state index contributed by atoms with van der Waals surface area (Å²) in [5, 5.41) is 3.61. The maximum Gasteiger partial charge on any atom is 0.433 e. The van der Waals surface area contributed by atoms with Crippen molar-refractivity contribution in [1.29, 1.82) is 0 Å². The molecule has 4 heterocycles. The van der Waals surface area contributed by atoms with E-state index >= 15 is 0 Å². The molecule has 1 aromatic carbocycles. The molecule has 0 radical (unpaired) electrons. The number of methoxy groups -OCH3 is 1. The van der Waals surface area contributed by atoms with Crippen molar-refractivity contribution in [2.24, 2.45) is 5.92 Å². The number of carbonyl (C=O) groups is 1. The normalized spacial score (nSPS) is 20.8. The number of alkyl halides is 3. The Bertz CT molecular complexity index is 1280. The van der Waals surface area contributed by atoms with Crippen LogP contribution in [0.15, 0.2) is 30.3 Å². The Hall–Kier alpha value is -2.85. The summed E-state index contributed by atoms with van der Waals surface area (Å²) < 4.78 is 53.2. The minimum absolute atomic E-state index is 0.0232. The van der Waals surface area contributed by atoms with E-state index in [1.165, 1.54) is 13.5 Å². The van der Waals surface area contributed by atoms with Crippen LogP contribution in [0.5, 0.6) is 5.75 Å². The van der Waals surface area contributed by atoms with E-state index < -0.39 is 17.8 Å². The third-order valence-electron chi connectivity index (χ3n) is 7.04. The van der Waals surface area contributed by atoms with Crippen molar-refractivity contribution in [3.8, 4) is 17.0 Å². The highest BCUT2D eigenvalue weighted by Crippen LogP contribution is 2.36. The lowest BCUT2D eigenvalue weighted by Gasteiger charge is -2.44. The van der Waals surface area contributed by atoms with Gasteiger partial charge in [0.15, 0.2) is 17.0 Å². The first-order valence-electron chi connectivity index (χ1n) is 12.0. The number of hydrogen-bond donors (Lipinski definition) is 0. The average Bonchev–Trinajstić information content (AvgIpc) is 3.22. The van der Waals surface area contributed by atoms with Crippen LogP contribution in [-0.4, -0.2) is 58.3 Å². The molecule has 0 bridgehead atoms. The third-order valence-corrected chi connectivity index (χ3v) is 7.39. The minimum atomic E-state index is -4.77. The summed E-state index contributed by atoms with van der Waals surface area (Å²) >= 11 is 6.38. The molecule has 2 atom stereocenters. The standard InChI is InChI=1S/C25H26ClF3N4O3/c1-35-17-8-4-6-15(12-17)18-13-20(25(27,28)29)33-23(30-18)21(26)22(31-33)24(34)36-14-16-7-5-11-32-10-3-2-9-19(16)32/h4,6,8,12-13,16,19H,2-3,5,7,9-11,14H2,1H3/t16-,19+/m0/s1. The predicted octanol–water partition coefficient (Wildman–Crippen LogP) is 5.50. The van der Waals surface area contributed by atoms with Crippen molar-refractivity contribution >= 4 is 23.2 Å². The van der Waals surface area contributed by atoms with Crippen molar-refractivity contribution in [3.05, 3.63) is 46.7 Å². The van der Waals surface area contributed by atoms with E-state index in [9.17, 15) is 18.0 Å². The molecule has 0 N–H and O–H groups in total. The van der Waals surface area contributed by atoms with E-state index in [1.54, 1.807) is 24.3 Å². The molecule has 0 spiro atoms. The maximum absolute atomic E-state index is 14.0. The lowest BCUT2D eigenvalue weighted by molar-refractivity contribution is -0.142. The Kier molecular flexibility index (Phi) is 6.82. The molecule has 0 saturated carbocycles. The van der Waals surface area contributed by atoms with Gasteiger partial charge >= 0.3 is 12.1 Å². The molecule has 7 nitrogen and oxygen atoms in total. The Balaban J connectivity index is 1.46. The van der Waals surface area contributed by atoms with Crippen LogP contribution >= 0.6 is 11.6 Å². The van der Waals surface area contributed by atoms with E-state index in [-0.39, 0.29) is 34.6 Å². The van der Waals surface area contributed by atoms with Gasteiger partial charge in [-0.2, -0.15) is 18.3 Å². The number of aromatic nitrogens is 3. The number of piperidine rings is 2. The van der Waals surface area contributed by atoms with Crippen molar-refractivity contribution in [1.82, 2.24) is 19.5 Å². The van der Waals surface area contributed by atoms with Gasteiger partial charge in [-0.15, -0.1) is 0 Å². The smallest absolute Gasteiger partial charge is 0.433 e. The van der Waals surface area contributed by atoms with Gasteiger partial charge < -0.3 is 9.47 Å². The van der Waals surface area contributed by atoms with Gasteiger partial charge in [-0.25, -0.2) is 14.3 Å². The Labute approximate surface area is 211 Å². The highest BCUT2D eigenvalue weighted by atomic mass is 35.5. The second-order valence-electron chi connectivity index (χ2n) is 9.25. The van der Waals surface area contributed by atoms with Gasteiger partial charge in [0.1, 0.15) is 10.8 Å². The van der Waals surface area contributed by atoms with Crippen LogP contribution in [0.25, 0.3) is 16.9 Å². The summed E-state index contributed by atoms with van der Waals surface area (Å²) in [7, 11) is 1.46. The predicted molar refractivity (Wildman–Crippen MR) is 127 cm³/mol. The van der Waals surface area contributed by atoms with Crippen molar-refractivity contribution in [3.63, 3.8) is 0 Å². The number of ether oxygens (including phenoxy) is 2. The first-order chi connectivity index (χ1) is 17.3. The first kappa shape index (κ1) is 24.8. The van der Waals surface area contributed by atoms with Crippen LogP contribution in [0.3, 0.4) is 0 Å². The molecule has 2 saturated heterocycles. The van der Waals surface area contributed by atoms with E-state index in [4.69, 9.17) is 21.1 Å². The Morgan fingerprint density at radius 3 is 2.75 bits per heavy atom. The first-order valence-corrected chi connectivity index (χ1v) is 12.4. The summed E-state index contributed by atoms with van der Waals surface area (Å²) in [4.78, 5) is 19.7. The van der Waals surface area contributed by atoms with Crippen molar-refractivity contribution in [2.75, 3.05) is 26.8 Å². The zero-order valence-electron chi connectivity index (χ0n) is 19.7. The van der Waals surface area contributed by atoms with Crippen LogP contribution in [0.2, 0.25) is 5.02 Å². The summed E-state index contributed by atoms with van der Waals surface area (Å²) in [5.74, 6) is -0.206. The number of carbonyl (C=O) groups excluding carboxylic acids is 1. The number of nitrogens with zero attached hydrogens (tertiary/aromatic N) is 4. The van der Waals surface area contributed by atoms with Gasteiger partial charge in [0.2, 0.25) is 0 Å². The van der Waals surface area contributed by atoms with E-state index in [2.05, 4.69) is 15.0 Å². The van der Waals surface area contributed by atoms with Crippen LogP contribution in [-0.2, 0) is 10.9 Å². The number of esters is 1. The van der Waals surface area contributed by atoms with Crippen molar-refractivity contribution < 1.29 is 27.4 Å². The second-order valence-corrected chi connectivity index (χ2v) is 9.63. The Morgan fingerprint density at radius 2 is 1.97 bits per heavy atom. The van der Waals surface area contributed by atoms with Gasteiger partial charge in [0, 0.05) is 17.5 Å². The molecule has 0 unspecified atom stereocenters. The molecule has 3 aromatic rings. The monoisotopic (exact) mass is 522 g/mol. The largest absolute Gasteiger partial charge is 0.497 e. The summed E-state index contributed by atoms with van der Waals surface area (Å²) in [6.07, 6.45) is 0.579. The molecule has 2 aromatic heterocycles. The number of fused-ring (bicyclic) bond motifs is 2. The number of benzene rings is 1. The van der Waals surface area contributed by atoms with Crippen molar-refractivity contribution in [2.45, 2.75) is 44.3 Å². The van der Waals surface area contributed by atoms with Gasteiger partial charge in [-0.1, -0.05) is 30.2 Å². The topological polar surface area (TPSA) is 69.0 Å². The second kappa shape index (κ2) is 9.89. The number of rotatable bonds is 5. The molecule has 2 fully saturated rings. The summed E-state index contributed by atoms with van der Waals surface area (Å²) in [6.45, 7) is 2.28. The Morgan fingerprint density at radius 1 is 1.17 bits per heavy atom. The zero-order valence-corrected chi connectivity index (χ0v) is 20.5. The SMILES string of the molecule is COc1cccc(-c2cc(C(F)(F)F)n3nc(C(=O)OC[C@@H]4CCCN5CCCC[C@H]45)c(Cl)c3n2)c1. The zero-order chi connectivity index (χ0) is 25.4. The minimum Gasteiger partial charge on any atom is -0.497 e. The molecule has 36 heavy (non-hydrogen) atoms. The molecule has 5 rings (SSSR count). The van der Waals surface area contributed by atoms with Crippen LogP contribution in [0.1, 0.15) is 48.3 Å². The number of hydrogen-bond acceptors (Lipinski definition) is 6. The van der Waals surface area contributed by atoms with Gasteiger partial charge in [0.25, 0.3) is 0 Å². The molecule has 11 heteroatoms. The van der Waals surface area contributed by atoms with Crippen LogP contribution < -0.4 is 4.74 Å². The van der Waals surface area contributed by atoms with Gasteiger partial charge in [0.05, 0.1) is 19.4 Å². The fraction of sp³-hybridized carbons (Fsp3) is 0.480. The summed E-state index contributed by atoms with van der Waals surface area (Å²) in [5.41, 5.74) is -1.33. The van der Waals surface area contributed by atoms with E-state index in [1.807, 2.05) is 0 Å².